The number of ether oxygens (including phenoxy) is 1. The molecule has 0 bridgehead atoms. The molecule has 1 atom stereocenters. The average molecular weight is 333 g/mol. The Kier molecular flexibility index (Phi) is 3.83. The number of rotatable bonds is 3. The summed E-state index contributed by atoms with van der Waals surface area (Å²) in [5, 5.41) is 1.21. The SMILES string of the molecule is O=C(NO[C@@H]1CCCCO1)c1cc2sc3ccccc3c2s1. The summed E-state index contributed by atoms with van der Waals surface area (Å²) in [6.07, 6.45) is 2.63. The van der Waals surface area contributed by atoms with Gasteiger partial charge in [0.1, 0.15) is 0 Å². The Hall–Kier alpha value is -1.47. The molecule has 0 saturated carbocycles. The highest BCUT2D eigenvalue weighted by Crippen LogP contribution is 2.39. The molecule has 1 N–H and O–H groups in total. The van der Waals surface area contributed by atoms with Crippen LogP contribution in [-0.4, -0.2) is 18.8 Å². The van der Waals surface area contributed by atoms with Crippen LogP contribution in [0.2, 0.25) is 0 Å². The number of amides is 1. The molecule has 1 aliphatic heterocycles. The second-order valence-corrected chi connectivity index (χ2v) is 7.38. The van der Waals surface area contributed by atoms with Crippen LogP contribution in [0.3, 0.4) is 0 Å². The van der Waals surface area contributed by atoms with Gasteiger partial charge >= 0.3 is 0 Å². The predicted octanol–water partition coefficient (Wildman–Crippen LogP) is 4.30. The predicted molar refractivity (Wildman–Crippen MR) is 89.4 cm³/mol. The molecule has 0 radical (unpaired) electrons. The Morgan fingerprint density at radius 3 is 3.00 bits per heavy atom. The van der Waals surface area contributed by atoms with E-state index in [0.717, 1.165) is 24.0 Å². The van der Waals surface area contributed by atoms with Crippen LogP contribution in [0.15, 0.2) is 30.3 Å². The van der Waals surface area contributed by atoms with Crippen LogP contribution in [0, 0.1) is 0 Å². The van der Waals surface area contributed by atoms with Crippen molar-refractivity contribution in [3.8, 4) is 0 Å². The van der Waals surface area contributed by atoms with Gasteiger partial charge in [-0.2, -0.15) is 0 Å². The molecule has 1 aromatic carbocycles. The molecule has 2 aromatic heterocycles. The number of fused-ring (bicyclic) bond motifs is 3. The van der Waals surface area contributed by atoms with Gasteiger partial charge in [0, 0.05) is 27.8 Å². The van der Waals surface area contributed by atoms with Gasteiger partial charge in [-0.05, 0) is 25.0 Å². The van der Waals surface area contributed by atoms with Crippen molar-refractivity contribution < 1.29 is 14.4 Å². The van der Waals surface area contributed by atoms with E-state index in [1.165, 1.54) is 26.1 Å². The molecule has 1 amide bonds. The van der Waals surface area contributed by atoms with Gasteiger partial charge in [0.15, 0.2) is 6.29 Å². The molecular formula is C16H15NO3S2. The molecule has 0 aliphatic carbocycles. The van der Waals surface area contributed by atoms with Crippen molar-refractivity contribution in [3.63, 3.8) is 0 Å². The summed E-state index contributed by atoms with van der Waals surface area (Å²) in [6, 6.07) is 10.2. The third-order valence-electron chi connectivity index (χ3n) is 3.69. The summed E-state index contributed by atoms with van der Waals surface area (Å²) in [7, 11) is 0. The van der Waals surface area contributed by atoms with Crippen molar-refractivity contribution in [2.24, 2.45) is 0 Å². The molecule has 4 rings (SSSR count). The number of hydroxylamine groups is 1. The van der Waals surface area contributed by atoms with E-state index in [1.807, 2.05) is 18.2 Å². The third kappa shape index (κ3) is 2.63. The molecule has 0 spiro atoms. The Morgan fingerprint density at radius 1 is 1.23 bits per heavy atom. The lowest BCUT2D eigenvalue weighted by atomic mass is 10.2. The minimum Gasteiger partial charge on any atom is -0.350 e. The summed E-state index contributed by atoms with van der Waals surface area (Å²) < 4.78 is 9.00. The maximum atomic E-state index is 12.2. The van der Waals surface area contributed by atoms with Crippen LogP contribution in [0.4, 0.5) is 0 Å². The molecule has 4 nitrogen and oxygen atoms in total. The van der Waals surface area contributed by atoms with Gasteiger partial charge in [-0.15, -0.1) is 22.7 Å². The maximum Gasteiger partial charge on any atom is 0.285 e. The molecule has 3 heterocycles. The molecule has 22 heavy (non-hydrogen) atoms. The minimum atomic E-state index is -0.320. The van der Waals surface area contributed by atoms with Gasteiger partial charge in [0.2, 0.25) is 0 Å². The number of benzene rings is 1. The zero-order valence-corrected chi connectivity index (χ0v) is 13.5. The van der Waals surface area contributed by atoms with Crippen LogP contribution in [0.1, 0.15) is 28.9 Å². The zero-order chi connectivity index (χ0) is 14.9. The molecule has 114 valence electrons. The number of thiophene rings is 2. The van der Waals surface area contributed by atoms with Gasteiger partial charge in [0.05, 0.1) is 9.58 Å². The minimum absolute atomic E-state index is 0.202. The summed E-state index contributed by atoms with van der Waals surface area (Å²) >= 11 is 3.22. The van der Waals surface area contributed by atoms with E-state index in [-0.39, 0.29) is 12.2 Å². The van der Waals surface area contributed by atoms with Crippen LogP contribution in [-0.2, 0) is 9.57 Å². The second kappa shape index (κ2) is 5.96. The van der Waals surface area contributed by atoms with Crippen molar-refractivity contribution in [3.05, 3.63) is 35.2 Å². The topological polar surface area (TPSA) is 47.6 Å². The highest BCUT2D eigenvalue weighted by Gasteiger charge is 2.18. The number of hydrogen-bond donors (Lipinski definition) is 1. The summed E-state index contributed by atoms with van der Waals surface area (Å²) in [5.41, 5.74) is 2.52. The van der Waals surface area contributed by atoms with Gasteiger partial charge < -0.3 is 4.74 Å². The fraction of sp³-hybridized carbons (Fsp3) is 0.312. The fourth-order valence-corrected chi connectivity index (χ4v) is 5.00. The van der Waals surface area contributed by atoms with E-state index in [1.54, 1.807) is 11.3 Å². The van der Waals surface area contributed by atoms with E-state index in [0.29, 0.717) is 11.5 Å². The Bertz CT molecular complexity index is 817. The van der Waals surface area contributed by atoms with Crippen molar-refractivity contribution >= 4 is 48.1 Å². The van der Waals surface area contributed by atoms with E-state index < -0.39 is 0 Å². The quantitative estimate of drug-likeness (QED) is 0.727. The van der Waals surface area contributed by atoms with Crippen molar-refractivity contribution in [2.75, 3.05) is 6.61 Å². The van der Waals surface area contributed by atoms with E-state index in [9.17, 15) is 4.79 Å². The smallest absolute Gasteiger partial charge is 0.285 e. The number of carbonyl (C=O) groups excluding carboxylic acids is 1. The van der Waals surface area contributed by atoms with E-state index in [4.69, 9.17) is 9.57 Å². The Morgan fingerprint density at radius 2 is 2.14 bits per heavy atom. The second-order valence-electron chi connectivity index (χ2n) is 5.25. The van der Waals surface area contributed by atoms with Crippen molar-refractivity contribution in [1.29, 1.82) is 0 Å². The average Bonchev–Trinajstić information content (AvgIpc) is 3.11. The highest BCUT2D eigenvalue weighted by molar-refractivity contribution is 7.33. The first-order valence-corrected chi connectivity index (χ1v) is 8.93. The van der Waals surface area contributed by atoms with Crippen molar-refractivity contribution in [2.45, 2.75) is 25.6 Å². The van der Waals surface area contributed by atoms with Crippen LogP contribution >= 0.6 is 22.7 Å². The molecule has 1 saturated heterocycles. The highest BCUT2D eigenvalue weighted by atomic mass is 32.1. The maximum absolute atomic E-state index is 12.2. The zero-order valence-electron chi connectivity index (χ0n) is 11.8. The van der Waals surface area contributed by atoms with Gasteiger partial charge in [-0.3, -0.25) is 4.79 Å². The first-order chi connectivity index (χ1) is 10.8. The summed E-state index contributed by atoms with van der Waals surface area (Å²) in [5.74, 6) is -0.202. The molecule has 0 unspecified atom stereocenters. The number of nitrogens with one attached hydrogen (secondary N) is 1. The lowest BCUT2D eigenvalue weighted by Crippen LogP contribution is -2.32. The van der Waals surface area contributed by atoms with Gasteiger partial charge in [-0.25, -0.2) is 10.3 Å². The van der Waals surface area contributed by atoms with Crippen LogP contribution < -0.4 is 5.48 Å². The first-order valence-electron chi connectivity index (χ1n) is 7.30. The monoisotopic (exact) mass is 333 g/mol. The first kappa shape index (κ1) is 14.1. The standard InChI is InChI=1S/C16H15NO3S2/c18-16(17-20-14-7-3-4-8-19-14)13-9-12-15(22-13)10-5-1-2-6-11(10)21-12/h1-2,5-6,9,14H,3-4,7-8H2,(H,17,18)/t14-/m1/s1. The lowest BCUT2D eigenvalue weighted by Gasteiger charge is -2.21. The number of carbonyl (C=O) groups is 1. The van der Waals surface area contributed by atoms with Gasteiger partial charge in [-0.1, -0.05) is 18.2 Å². The molecule has 3 aromatic rings. The molecular weight excluding hydrogens is 318 g/mol. The molecule has 1 fully saturated rings. The fourth-order valence-electron chi connectivity index (χ4n) is 2.59. The lowest BCUT2D eigenvalue weighted by molar-refractivity contribution is -0.186. The summed E-state index contributed by atoms with van der Waals surface area (Å²) in [6.45, 7) is 0.696. The van der Waals surface area contributed by atoms with Crippen molar-refractivity contribution in [1.82, 2.24) is 5.48 Å². The Labute approximate surface area is 135 Å². The number of hydrogen-bond acceptors (Lipinski definition) is 5. The van der Waals surface area contributed by atoms with E-state index in [2.05, 4.69) is 17.6 Å². The Balaban J connectivity index is 1.51. The summed E-state index contributed by atoms with van der Waals surface area (Å²) in [4.78, 5) is 18.2. The molecule has 1 aliphatic rings. The normalized spacial score (nSPS) is 18.8. The largest absolute Gasteiger partial charge is 0.350 e. The van der Waals surface area contributed by atoms with Crippen LogP contribution in [0.5, 0.6) is 0 Å². The molecule has 6 heteroatoms. The van der Waals surface area contributed by atoms with Crippen LogP contribution in [0.25, 0.3) is 19.5 Å². The third-order valence-corrected chi connectivity index (χ3v) is 6.11. The van der Waals surface area contributed by atoms with Gasteiger partial charge in [0.25, 0.3) is 5.91 Å². The van der Waals surface area contributed by atoms with E-state index >= 15 is 0 Å².